The van der Waals surface area contributed by atoms with Crippen LogP contribution >= 0.6 is 0 Å². The molecule has 1 heterocycles. The molecule has 0 bridgehead atoms. The monoisotopic (exact) mass is 285 g/mol. The standard InChI is InChI=1S/C11H15N3O6/c12-13-5-7(15)1-2-8(9(16)17)14-10(18)11(19)3-4-20-6-11/h5,8,19H,1-4,6H2,(H,14,18)(H,16,17). The van der Waals surface area contributed by atoms with E-state index in [0.717, 1.165) is 0 Å². The molecule has 1 aliphatic heterocycles. The quantitative estimate of drug-likeness (QED) is 0.290. The van der Waals surface area contributed by atoms with Crippen LogP contribution in [0.2, 0.25) is 0 Å². The Morgan fingerprint density at radius 3 is 2.70 bits per heavy atom. The molecule has 110 valence electrons. The van der Waals surface area contributed by atoms with Crippen LogP contribution in [-0.2, 0) is 19.1 Å². The lowest BCUT2D eigenvalue weighted by Gasteiger charge is -2.22. The Kier molecular flexibility index (Phi) is 5.51. The zero-order chi connectivity index (χ0) is 15.2. The molecule has 9 nitrogen and oxygen atoms in total. The third-order valence-electron chi connectivity index (χ3n) is 2.91. The van der Waals surface area contributed by atoms with E-state index in [2.05, 4.69) is 10.1 Å². The van der Waals surface area contributed by atoms with E-state index >= 15 is 0 Å². The minimum Gasteiger partial charge on any atom is -0.480 e. The van der Waals surface area contributed by atoms with Crippen molar-refractivity contribution in [3.05, 3.63) is 5.53 Å². The fraction of sp³-hybridized carbons (Fsp3) is 0.636. The lowest BCUT2D eigenvalue weighted by atomic mass is 10.0. The van der Waals surface area contributed by atoms with Gasteiger partial charge < -0.3 is 25.8 Å². The highest BCUT2D eigenvalue weighted by Crippen LogP contribution is 2.18. The van der Waals surface area contributed by atoms with Crippen LogP contribution in [-0.4, -0.2) is 63.7 Å². The average Bonchev–Trinajstić information content (AvgIpc) is 2.82. The number of carboxylic acid groups (broad SMARTS) is 1. The summed E-state index contributed by atoms with van der Waals surface area (Å²) in [6, 6.07) is -1.32. The average molecular weight is 285 g/mol. The normalized spacial score (nSPS) is 22.6. The summed E-state index contributed by atoms with van der Waals surface area (Å²) in [5.74, 6) is -2.74. The zero-order valence-corrected chi connectivity index (χ0v) is 10.6. The van der Waals surface area contributed by atoms with Crippen molar-refractivity contribution in [1.29, 1.82) is 0 Å². The maximum Gasteiger partial charge on any atom is 0.326 e. The van der Waals surface area contributed by atoms with Gasteiger partial charge in [-0.15, -0.1) is 0 Å². The molecule has 0 aromatic rings. The van der Waals surface area contributed by atoms with E-state index in [4.69, 9.17) is 15.4 Å². The van der Waals surface area contributed by atoms with Gasteiger partial charge >= 0.3 is 12.2 Å². The van der Waals surface area contributed by atoms with Crippen LogP contribution in [0.4, 0.5) is 0 Å². The molecule has 1 fully saturated rings. The first-order valence-corrected chi connectivity index (χ1v) is 5.93. The first-order chi connectivity index (χ1) is 9.39. The van der Waals surface area contributed by atoms with E-state index in [9.17, 15) is 19.5 Å². The highest BCUT2D eigenvalue weighted by molar-refractivity contribution is 6.25. The van der Waals surface area contributed by atoms with Crippen LogP contribution in [0.3, 0.4) is 0 Å². The number of amides is 1. The number of carboxylic acids is 1. The second-order valence-corrected chi connectivity index (χ2v) is 4.45. The third kappa shape index (κ3) is 4.23. The molecule has 0 radical (unpaired) electrons. The Balaban J connectivity index is 2.58. The Hall–Kier alpha value is -2.09. The van der Waals surface area contributed by atoms with Crippen LogP contribution in [0.25, 0.3) is 5.53 Å². The van der Waals surface area contributed by atoms with Crippen molar-refractivity contribution in [2.24, 2.45) is 0 Å². The lowest BCUT2D eigenvalue weighted by Crippen LogP contribution is -2.52. The second kappa shape index (κ2) is 6.90. The summed E-state index contributed by atoms with van der Waals surface area (Å²) in [4.78, 5) is 36.4. The Bertz CT molecular complexity index is 451. The number of ketones is 1. The van der Waals surface area contributed by atoms with Gasteiger partial charge in [-0.3, -0.25) is 9.59 Å². The van der Waals surface area contributed by atoms with Crippen molar-refractivity contribution in [3.8, 4) is 0 Å². The predicted octanol–water partition coefficient (Wildman–Crippen LogP) is -1.64. The maximum atomic E-state index is 11.8. The third-order valence-corrected chi connectivity index (χ3v) is 2.91. The largest absolute Gasteiger partial charge is 0.480 e. The van der Waals surface area contributed by atoms with Gasteiger partial charge in [-0.25, -0.2) is 4.79 Å². The highest BCUT2D eigenvalue weighted by atomic mass is 16.5. The second-order valence-electron chi connectivity index (χ2n) is 4.45. The lowest BCUT2D eigenvalue weighted by molar-refractivity contribution is -0.147. The van der Waals surface area contributed by atoms with E-state index in [0.29, 0.717) is 6.21 Å². The number of rotatable bonds is 7. The number of aliphatic hydroxyl groups is 1. The molecule has 1 saturated heterocycles. The van der Waals surface area contributed by atoms with Crippen LogP contribution in [0.15, 0.2) is 0 Å². The van der Waals surface area contributed by atoms with Gasteiger partial charge in [0.1, 0.15) is 6.04 Å². The van der Waals surface area contributed by atoms with E-state index in [1.807, 2.05) is 0 Å². The molecule has 1 rings (SSSR count). The van der Waals surface area contributed by atoms with Gasteiger partial charge in [0, 0.05) is 12.8 Å². The Labute approximate surface area is 114 Å². The summed E-state index contributed by atoms with van der Waals surface area (Å²) < 4.78 is 4.90. The topological polar surface area (TPSA) is 149 Å². The van der Waals surface area contributed by atoms with Gasteiger partial charge in [0.25, 0.3) is 5.91 Å². The maximum absolute atomic E-state index is 11.8. The van der Waals surface area contributed by atoms with Crippen molar-refractivity contribution in [2.75, 3.05) is 13.2 Å². The Morgan fingerprint density at radius 2 is 2.20 bits per heavy atom. The summed E-state index contributed by atoms with van der Waals surface area (Å²) in [6.45, 7) is 0.0222. The number of hydrogen-bond donors (Lipinski definition) is 3. The minimum atomic E-state index is -1.73. The van der Waals surface area contributed by atoms with Gasteiger partial charge in [0.2, 0.25) is 5.78 Å². The fourth-order valence-electron chi connectivity index (χ4n) is 1.70. The summed E-state index contributed by atoms with van der Waals surface area (Å²) in [7, 11) is 0. The number of ether oxygens (including phenoxy) is 1. The molecular weight excluding hydrogens is 270 g/mol. The molecule has 1 amide bonds. The van der Waals surface area contributed by atoms with Crippen molar-refractivity contribution >= 4 is 23.9 Å². The summed E-state index contributed by atoms with van der Waals surface area (Å²) in [5, 5.41) is 21.0. The van der Waals surface area contributed by atoms with E-state index < -0.39 is 29.3 Å². The van der Waals surface area contributed by atoms with Gasteiger partial charge in [-0.05, 0) is 6.42 Å². The first-order valence-electron chi connectivity index (χ1n) is 5.93. The smallest absolute Gasteiger partial charge is 0.326 e. The van der Waals surface area contributed by atoms with Crippen LogP contribution < -0.4 is 5.32 Å². The molecule has 2 atom stereocenters. The van der Waals surface area contributed by atoms with Crippen LogP contribution in [0.5, 0.6) is 0 Å². The number of aliphatic carboxylic acids is 1. The van der Waals surface area contributed by atoms with Gasteiger partial charge in [0.05, 0.1) is 13.2 Å². The molecule has 2 unspecified atom stereocenters. The van der Waals surface area contributed by atoms with Gasteiger partial charge in [0.15, 0.2) is 5.60 Å². The van der Waals surface area contributed by atoms with Gasteiger partial charge in [-0.2, -0.15) is 4.79 Å². The molecule has 0 aromatic heterocycles. The minimum absolute atomic E-state index is 0.0846. The molecule has 9 heteroatoms. The highest BCUT2D eigenvalue weighted by Gasteiger charge is 2.41. The number of hydrogen-bond acceptors (Lipinski definition) is 5. The molecule has 0 aromatic carbocycles. The number of nitrogens with zero attached hydrogens (tertiary/aromatic N) is 2. The number of carbonyl (C=O) groups is 3. The summed E-state index contributed by atoms with van der Waals surface area (Å²) in [5.41, 5.74) is 6.42. The molecule has 0 aliphatic carbocycles. The molecular formula is C11H15N3O6. The zero-order valence-electron chi connectivity index (χ0n) is 10.6. The fourth-order valence-corrected chi connectivity index (χ4v) is 1.70. The SMILES string of the molecule is [N-]=[N+]=CC(=O)CCC(NC(=O)C1(O)CCOC1)C(=O)O. The predicted molar refractivity (Wildman–Crippen MR) is 63.9 cm³/mol. The van der Waals surface area contributed by atoms with Crippen LogP contribution in [0, 0.1) is 0 Å². The van der Waals surface area contributed by atoms with E-state index in [1.54, 1.807) is 0 Å². The molecule has 20 heavy (non-hydrogen) atoms. The molecule has 0 spiro atoms. The molecule has 1 aliphatic rings. The number of Topliss-reactive ketones (excluding diaryl/α,β-unsaturated/α-hetero) is 1. The van der Waals surface area contributed by atoms with Crippen molar-refractivity contribution < 1.29 is 34.1 Å². The van der Waals surface area contributed by atoms with Gasteiger partial charge in [-0.1, -0.05) is 0 Å². The number of nitrogens with one attached hydrogen (secondary N) is 1. The van der Waals surface area contributed by atoms with E-state index in [-0.39, 0.29) is 32.5 Å². The molecule has 3 N–H and O–H groups in total. The number of carbonyl (C=O) groups excluding carboxylic acids is 2. The van der Waals surface area contributed by atoms with Crippen molar-refractivity contribution in [1.82, 2.24) is 5.32 Å². The Morgan fingerprint density at radius 1 is 1.50 bits per heavy atom. The summed E-state index contributed by atoms with van der Waals surface area (Å²) >= 11 is 0. The van der Waals surface area contributed by atoms with E-state index in [1.165, 1.54) is 0 Å². The summed E-state index contributed by atoms with van der Waals surface area (Å²) in [6.07, 6.45) is 0.347. The van der Waals surface area contributed by atoms with Crippen molar-refractivity contribution in [3.63, 3.8) is 0 Å². The van der Waals surface area contributed by atoms with Crippen molar-refractivity contribution in [2.45, 2.75) is 30.9 Å². The first kappa shape index (κ1) is 16.0. The van der Waals surface area contributed by atoms with Crippen LogP contribution in [0.1, 0.15) is 19.3 Å². The molecule has 0 saturated carbocycles.